The van der Waals surface area contributed by atoms with Gasteiger partial charge in [0.2, 0.25) is 0 Å². The predicted molar refractivity (Wildman–Crippen MR) is 91.9 cm³/mol. The number of hydrogen-bond donors (Lipinski definition) is 1. The molecule has 0 saturated heterocycles. The van der Waals surface area contributed by atoms with Crippen LogP contribution in [0.1, 0.15) is 65.2 Å². The van der Waals surface area contributed by atoms with Crippen molar-refractivity contribution in [1.29, 1.82) is 0 Å². The molecule has 7 atom stereocenters. The Labute approximate surface area is 179 Å². The molecular weight excluding hydrogens is 363 g/mol. The molecule has 3 fully saturated rings. The average molecular weight is 392 g/mol. The maximum Gasteiger partial charge on any atom is 1.00 e. The van der Waals surface area contributed by atoms with Crippen LogP contribution in [0.3, 0.4) is 0 Å². The molecule has 0 amide bonds. The van der Waals surface area contributed by atoms with Crippen molar-refractivity contribution < 1.29 is 51.8 Å². The molecule has 0 radical (unpaired) electrons. The maximum atomic E-state index is 11.9. The van der Waals surface area contributed by atoms with Crippen LogP contribution < -0.4 is 34.7 Å². The number of hydrogen-bond acceptors (Lipinski definition) is 4. The van der Waals surface area contributed by atoms with Crippen LogP contribution in [0.2, 0.25) is 0 Å². The van der Waals surface area contributed by atoms with E-state index in [9.17, 15) is 13.5 Å². The van der Waals surface area contributed by atoms with Crippen LogP contribution in [-0.4, -0.2) is 25.2 Å². The topological polar surface area (TPSA) is 86.7 Å². The van der Waals surface area contributed by atoms with Crippen molar-refractivity contribution in [2.45, 2.75) is 77.4 Å². The average Bonchev–Trinajstić information content (AvgIpc) is 2.83. The SMILES string of the molecule is C[C@]12CC[C@H]3[C@@H](CCC4=C[C@@H]([O-])CC[C@@]43C)[C@@H]1CC[C@@H]2OS(=O)(=O)O.[Na+]. The summed E-state index contributed by atoms with van der Waals surface area (Å²) in [6.45, 7) is 4.50. The second kappa shape index (κ2) is 7.12. The van der Waals surface area contributed by atoms with E-state index in [4.69, 9.17) is 8.74 Å². The number of rotatable bonds is 2. The van der Waals surface area contributed by atoms with Gasteiger partial charge in [0, 0.05) is 0 Å². The van der Waals surface area contributed by atoms with E-state index in [1.807, 2.05) is 6.08 Å². The second-order valence-corrected chi connectivity index (χ2v) is 10.3. The van der Waals surface area contributed by atoms with E-state index in [2.05, 4.69) is 13.8 Å². The maximum absolute atomic E-state index is 11.9. The summed E-state index contributed by atoms with van der Waals surface area (Å²) in [4.78, 5) is 0. The molecule has 3 saturated carbocycles. The van der Waals surface area contributed by atoms with Crippen molar-refractivity contribution in [3.8, 4) is 0 Å². The van der Waals surface area contributed by atoms with Gasteiger partial charge in [-0.25, -0.2) is 4.18 Å². The zero-order chi connectivity index (χ0) is 18.0. The van der Waals surface area contributed by atoms with Gasteiger partial charge in [-0.1, -0.05) is 31.9 Å². The first-order valence-electron chi connectivity index (χ1n) is 9.66. The third-order valence-corrected chi connectivity index (χ3v) is 8.70. The Morgan fingerprint density at radius 3 is 2.54 bits per heavy atom. The summed E-state index contributed by atoms with van der Waals surface area (Å²) >= 11 is 0. The largest absolute Gasteiger partial charge is 1.00 e. The quantitative estimate of drug-likeness (QED) is 0.402. The summed E-state index contributed by atoms with van der Waals surface area (Å²) in [5.74, 6) is 1.60. The van der Waals surface area contributed by atoms with Gasteiger partial charge in [0.15, 0.2) is 0 Å². The summed E-state index contributed by atoms with van der Waals surface area (Å²) in [5.41, 5.74) is 1.35. The summed E-state index contributed by atoms with van der Waals surface area (Å²) in [5, 5.41) is 11.9. The van der Waals surface area contributed by atoms with Crippen LogP contribution in [0.5, 0.6) is 0 Å². The molecule has 4 aliphatic rings. The van der Waals surface area contributed by atoms with Crippen molar-refractivity contribution >= 4 is 10.4 Å². The van der Waals surface area contributed by atoms with Crippen LogP contribution in [0.25, 0.3) is 0 Å². The third kappa shape index (κ3) is 3.38. The first kappa shape index (κ1) is 21.3. The zero-order valence-corrected chi connectivity index (χ0v) is 18.9. The molecule has 0 spiro atoms. The number of allylic oxidation sites excluding steroid dienone is 1. The Kier molecular flexibility index (Phi) is 5.83. The zero-order valence-electron chi connectivity index (χ0n) is 16.1. The Balaban J connectivity index is 0.00000196. The summed E-state index contributed by atoms with van der Waals surface area (Å²) in [6, 6.07) is 0. The van der Waals surface area contributed by atoms with E-state index in [1.165, 1.54) is 5.57 Å². The van der Waals surface area contributed by atoms with Crippen molar-refractivity contribution in [2.75, 3.05) is 0 Å². The summed E-state index contributed by atoms with van der Waals surface area (Å²) < 4.78 is 36.7. The first-order chi connectivity index (χ1) is 11.6. The van der Waals surface area contributed by atoms with Gasteiger partial charge in [-0.3, -0.25) is 4.55 Å². The Morgan fingerprint density at radius 2 is 1.85 bits per heavy atom. The molecule has 0 bridgehead atoms. The molecule has 1 N–H and O–H groups in total. The van der Waals surface area contributed by atoms with E-state index < -0.39 is 22.6 Å². The second-order valence-electron chi connectivity index (χ2n) is 9.24. The molecule has 26 heavy (non-hydrogen) atoms. The van der Waals surface area contributed by atoms with Gasteiger partial charge in [-0.2, -0.15) is 8.42 Å². The van der Waals surface area contributed by atoms with Crippen LogP contribution in [0, 0.1) is 28.6 Å². The van der Waals surface area contributed by atoms with Gasteiger partial charge in [0.1, 0.15) is 0 Å². The third-order valence-electron chi connectivity index (χ3n) is 8.22. The van der Waals surface area contributed by atoms with Gasteiger partial charge >= 0.3 is 40.0 Å². The Morgan fingerprint density at radius 1 is 1.12 bits per heavy atom. The van der Waals surface area contributed by atoms with Crippen LogP contribution in [0.4, 0.5) is 0 Å². The van der Waals surface area contributed by atoms with Gasteiger partial charge in [0.25, 0.3) is 0 Å². The Hall–Kier alpha value is 0.570. The van der Waals surface area contributed by atoms with E-state index in [1.54, 1.807) is 0 Å². The van der Waals surface area contributed by atoms with E-state index in [-0.39, 0.29) is 40.4 Å². The van der Waals surface area contributed by atoms with Crippen molar-refractivity contribution in [1.82, 2.24) is 0 Å². The molecular formula is C19H29NaO5S. The van der Waals surface area contributed by atoms with Crippen molar-refractivity contribution in [2.24, 2.45) is 28.6 Å². The smallest absolute Gasteiger partial charge is 0.849 e. The number of fused-ring (bicyclic) bond motifs is 5. The predicted octanol–water partition coefficient (Wildman–Crippen LogP) is -0.130. The molecule has 7 heteroatoms. The molecule has 0 aromatic carbocycles. The first-order valence-corrected chi connectivity index (χ1v) is 11.0. The normalized spacial score (nSPS) is 47.8. The molecule has 142 valence electrons. The molecule has 0 heterocycles. The fraction of sp³-hybridized carbons (Fsp3) is 0.895. The van der Waals surface area contributed by atoms with Crippen LogP contribution >= 0.6 is 0 Å². The van der Waals surface area contributed by atoms with E-state index >= 15 is 0 Å². The Bertz CT molecular complexity index is 692. The summed E-state index contributed by atoms with van der Waals surface area (Å²) in [6.07, 6.45) is 8.54. The minimum absolute atomic E-state index is 0. The monoisotopic (exact) mass is 392 g/mol. The minimum atomic E-state index is -4.41. The minimum Gasteiger partial charge on any atom is -0.849 e. The fourth-order valence-corrected chi connectivity index (χ4v) is 7.56. The molecule has 4 aliphatic carbocycles. The molecule has 5 nitrogen and oxygen atoms in total. The molecule has 0 aliphatic heterocycles. The van der Waals surface area contributed by atoms with E-state index in [0.29, 0.717) is 24.2 Å². The fourth-order valence-electron chi connectivity index (χ4n) is 6.95. The molecule has 0 aromatic heterocycles. The van der Waals surface area contributed by atoms with E-state index in [0.717, 1.165) is 44.9 Å². The molecule has 0 aromatic rings. The van der Waals surface area contributed by atoms with Gasteiger partial charge in [0.05, 0.1) is 6.10 Å². The van der Waals surface area contributed by atoms with Gasteiger partial charge < -0.3 is 5.11 Å². The van der Waals surface area contributed by atoms with Crippen molar-refractivity contribution in [3.05, 3.63) is 11.6 Å². The molecule has 4 rings (SSSR count). The van der Waals surface area contributed by atoms with Crippen LogP contribution in [0.15, 0.2) is 11.6 Å². The standard InChI is InChI=1S/C19H29O5S.Na/c1-18-9-7-13(20)11-12(18)3-4-14-15-5-6-17(24-25(21,22)23)19(15,2)10-8-16(14)18;/h11,13-17H,3-10H2,1-2H3,(H,21,22,23);/q-1;+1/t13-,14-,15-,16-,17-,18-,19-;/m0./s1. The van der Waals surface area contributed by atoms with Crippen molar-refractivity contribution in [3.63, 3.8) is 0 Å². The summed E-state index contributed by atoms with van der Waals surface area (Å²) in [7, 11) is -4.41. The van der Waals surface area contributed by atoms with Crippen LogP contribution in [-0.2, 0) is 14.6 Å². The van der Waals surface area contributed by atoms with Gasteiger partial charge in [-0.15, -0.1) is 6.10 Å². The van der Waals surface area contributed by atoms with Gasteiger partial charge in [-0.05, 0) is 73.5 Å². The molecule has 0 unspecified atom stereocenters.